The van der Waals surface area contributed by atoms with E-state index in [2.05, 4.69) is 42.3 Å². The smallest absolute Gasteiger partial charge is 0.160 e. The third-order valence-electron chi connectivity index (χ3n) is 5.18. The summed E-state index contributed by atoms with van der Waals surface area (Å²) in [4.78, 5) is 20.9. The maximum absolute atomic E-state index is 4.85. The molecule has 2 N–H and O–H groups in total. The van der Waals surface area contributed by atoms with Crippen molar-refractivity contribution in [1.29, 1.82) is 0 Å². The van der Waals surface area contributed by atoms with Crippen LogP contribution in [0.3, 0.4) is 0 Å². The standard InChI is InChI=1S/C23H15N7/c1-2-19-18(13-16(1)14-3-8-24-9-4-14)21(30-29-19)23-27-20-17(7-12-26-22(20)28-23)15-5-10-25-11-6-15/h1-13H,(H,29,30)(H,26,27,28). The molecular weight excluding hydrogens is 374 g/mol. The fraction of sp³-hybridized carbons (Fsp3) is 0. The highest BCUT2D eigenvalue weighted by atomic mass is 15.1. The molecule has 142 valence electrons. The summed E-state index contributed by atoms with van der Waals surface area (Å²) < 4.78 is 0. The van der Waals surface area contributed by atoms with Gasteiger partial charge in [-0.15, -0.1) is 0 Å². The summed E-state index contributed by atoms with van der Waals surface area (Å²) in [5, 5.41) is 8.63. The fourth-order valence-corrected chi connectivity index (χ4v) is 3.71. The number of aromatic nitrogens is 7. The molecule has 0 radical (unpaired) electrons. The lowest BCUT2D eigenvalue weighted by Crippen LogP contribution is -1.83. The van der Waals surface area contributed by atoms with Crippen LogP contribution in [-0.2, 0) is 0 Å². The van der Waals surface area contributed by atoms with E-state index in [1.165, 1.54) is 0 Å². The number of nitrogens with one attached hydrogen (secondary N) is 2. The molecule has 0 bridgehead atoms. The molecule has 7 heteroatoms. The van der Waals surface area contributed by atoms with E-state index < -0.39 is 0 Å². The zero-order valence-electron chi connectivity index (χ0n) is 15.7. The van der Waals surface area contributed by atoms with Crippen LogP contribution in [-0.4, -0.2) is 35.1 Å². The second-order valence-corrected chi connectivity index (χ2v) is 6.95. The summed E-state index contributed by atoms with van der Waals surface area (Å²) in [6.45, 7) is 0. The van der Waals surface area contributed by atoms with Gasteiger partial charge in [0.1, 0.15) is 11.2 Å². The summed E-state index contributed by atoms with van der Waals surface area (Å²) in [6.07, 6.45) is 8.92. The van der Waals surface area contributed by atoms with Gasteiger partial charge in [-0.25, -0.2) is 9.97 Å². The van der Waals surface area contributed by atoms with Crippen molar-refractivity contribution in [3.8, 4) is 33.8 Å². The minimum absolute atomic E-state index is 0.678. The van der Waals surface area contributed by atoms with Gasteiger partial charge in [-0.2, -0.15) is 5.10 Å². The number of H-pyrrole nitrogens is 2. The molecule has 0 saturated carbocycles. The summed E-state index contributed by atoms with van der Waals surface area (Å²) in [6, 6.07) is 16.1. The van der Waals surface area contributed by atoms with E-state index in [0.717, 1.165) is 50.0 Å². The molecule has 0 aliphatic carbocycles. The molecule has 6 rings (SSSR count). The van der Waals surface area contributed by atoms with E-state index in [1.807, 2.05) is 36.4 Å². The molecular formula is C23H15N7. The van der Waals surface area contributed by atoms with Crippen LogP contribution in [0.5, 0.6) is 0 Å². The molecule has 1 aromatic carbocycles. The van der Waals surface area contributed by atoms with Gasteiger partial charge in [-0.3, -0.25) is 15.1 Å². The van der Waals surface area contributed by atoms with Crippen molar-refractivity contribution in [2.24, 2.45) is 0 Å². The Labute approximate surface area is 170 Å². The normalized spacial score (nSPS) is 11.3. The predicted octanol–water partition coefficient (Wildman–Crippen LogP) is 4.63. The number of hydrogen-bond donors (Lipinski definition) is 2. The largest absolute Gasteiger partial charge is 0.321 e. The lowest BCUT2D eigenvalue weighted by atomic mass is 10.0. The monoisotopic (exact) mass is 389 g/mol. The zero-order chi connectivity index (χ0) is 19.9. The van der Waals surface area contributed by atoms with E-state index in [1.54, 1.807) is 31.0 Å². The highest BCUT2D eigenvalue weighted by molar-refractivity contribution is 5.97. The second-order valence-electron chi connectivity index (χ2n) is 6.95. The Morgan fingerprint density at radius 3 is 2.27 bits per heavy atom. The second kappa shape index (κ2) is 6.59. The van der Waals surface area contributed by atoms with Crippen LogP contribution < -0.4 is 0 Å². The molecule has 0 unspecified atom stereocenters. The first-order chi connectivity index (χ1) is 14.9. The molecule has 6 aromatic rings. The number of rotatable bonds is 3. The Balaban J connectivity index is 1.52. The van der Waals surface area contributed by atoms with E-state index >= 15 is 0 Å². The van der Waals surface area contributed by atoms with Gasteiger partial charge >= 0.3 is 0 Å². The molecule has 0 fully saturated rings. The summed E-state index contributed by atoms with van der Waals surface area (Å²) >= 11 is 0. The first kappa shape index (κ1) is 16.6. The Morgan fingerprint density at radius 1 is 0.700 bits per heavy atom. The Hall–Kier alpha value is -4.39. The SMILES string of the molecule is c1cc(-c2ccc3[nH]nc(-c4nc5c(-c6ccncc6)ccnc5[nH]4)c3c2)ccn1. The third kappa shape index (κ3) is 2.64. The highest BCUT2D eigenvalue weighted by Gasteiger charge is 2.16. The number of aromatic amines is 2. The number of fused-ring (bicyclic) bond motifs is 2. The van der Waals surface area contributed by atoms with Crippen LogP contribution in [0.1, 0.15) is 0 Å². The first-order valence-corrected chi connectivity index (χ1v) is 9.51. The van der Waals surface area contributed by atoms with Crippen molar-refractivity contribution < 1.29 is 0 Å². The van der Waals surface area contributed by atoms with Crippen LogP contribution >= 0.6 is 0 Å². The minimum Gasteiger partial charge on any atom is -0.321 e. The minimum atomic E-state index is 0.678. The number of pyridine rings is 3. The summed E-state index contributed by atoms with van der Waals surface area (Å²) in [5.74, 6) is 0.678. The van der Waals surface area contributed by atoms with Gasteiger partial charge < -0.3 is 4.98 Å². The molecule has 0 amide bonds. The first-order valence-electron chi connectivity index (χ1n) is 9.51. The average Bonchev–Trinajstić information content (AvgIpc) is 3.43. The number of imidazole rings is 1. The molecule has 5 aromatic heterocycles. The van der Waals surface area contributed by atoms with Crippen molar-refractivity contribution in [3.63, 3.8) is 0 Å². The van der Waals surface area contributed by atoms with Gasteiger partial charge in [0.05, 0.1) is 5.52 Å². The molecule has 7 nitrogen and oxygen atoms in total. The van der Waals surface area contributed by atoms with Crippen LogP contribution in [0, 0.1) is 0 Å². The Bertz CT molecular complexity index is 1480. The van der Waals surface area contributed by atoms with Crippen molar-refractivity contribution >= 4 is 22.1 Å². The van der Waals surface area contributed by atoms with Gasteiger partial charge in [0.15, 0.2) is 11.5 Å². The maximum atomic E-state index is 4.85. The molecule has 0 aliphatic heterocycles. The van der Waals surface area contributed by atoms with Gasteiger partial charge in [-0.05, 0) is 59.2 Å². The van der Waals surface area contributed by atoms with Crippen LogP contribution in [0.25, 0.3) is 55.8 Å². The lowest BCUT2D eigenvalue weighted by molar-refractivity contribution is 1.10. The molecule has 0 spiro atoms. The number of hydrogen-bond acceptors (Lipinski definition) is 5. The zero-order valence-corrected chi connectivity index (χ0v) is 15.7. The third-order valence-corrected chi connectivity index (χ3v) is 5.18. The molecule has 5 heterocycles. The topological polar surface area (TPSA) is 96.0 Å². The Morgan fingerprint density at radius 2 is 1.47 bits per heavy atom. The van der Waals surface area contributed by atoms with Crippen molar-refractivity contribution in [3.05, 3.63) is 79.5 Å². The van der Waals surface area contributed by atoms with Gasteiger partial charge in [-0.1, -0.05) is 6.07 Å². The van der Waals surface area contributed by atoms with Crippen LogP contribution in [0.2, 0.25) is 0 Å². The van der Waals surface area contributed by atoms with Crippen LogP contribution in [0.15, 0.2) is 79.5 Å². The van der Waals surface area contributed by atoms with E-state index in [9.17, 15) is 0 Å². The predicted molar refractivity (Wildman–Crippen MR) is 115 cm³/mol. The highest BCUT2D eigenvalue weighted by Crippen LogP contribution is 2.32. The van der Waals surface area contributed by atoms with Gasteiger partial charge in [0.25, 0.3) is 0 Å². The average molecular weight is 389 g/mol. The van der Waals surface area contributed by atoms with Crippen molar-refractivity contribution in [1.82, 2.24) is 35.1 Å². The summed E-state index contributed by atoms with van der Waals surface area (Å²) in [7, 11) is 0. The van der Waals surface area contributed by atoms with Crippen molar-refractivity contribution in [2.75, 3.05) is 0 Å². The number of nitrogens with zero attached hydrogens (tertiary/aromatic N) is 5. The van der Waals surface area contributed by atoms with Crippen molar-refractivity contribution in [2.45, 2.75) is 0 Å². The molecule has 0 aliphatic rings. The number of benzene rings is 1. The van der Waals surface area contributed by atoms with Crippen LogP contribution in [0.4, 0.5) is 0 Å². The Kier molecular flexibility index (Phi) is 3.64. The van der Waals surface area contributed by atoms with E-state index in [4.69, 9.17) is 4.98 Å². The molecule has 0 saturated heterocycles. The summed E-state index contributed by atoms with van der Waals surface area (Å²) in [5.41, 5.74) is 7.49. The van der Waals surface area contributed by atoms with Gasteiger partial charge in [0.2, 0.25) is 0 Å². The fourth-order valence-electron chi connectivity index (χ4n) is 3.71. The quantitative estimate of drug-likeness (QED) is 0.460. The lowest BCUT2D eigenvalue weighted by Gasteiger charge is -2.01. The van der Waals surface area contributed by atoms with E-state index in [0.29, 0.717) is 5.82 Å². The van der Waals surface area contributed by atoms with E-state index in [-0.39, 0.29) is 0 Å². The van der Waals surface area contributed by atoms with Gasteiger partial charge in [0, 0.05) is 41.9 Å². The molecule has 0 atom stereocenters. The maximum Gasteiger partial charge on any atom is 0.160 e. The molecule has 30 heavy (non-hydrogen) atoms.